The van der Waals surface area contributed by atoms with Crippen LogP contribution in [0.5, 0.6) is 0 Å². The van der Waals surface area contributed by atoms with Crippen LogP contribution in [-0.2, 0) is 0 Å². The summed E-state index contributed by atoms with van der Waals surface area (Å²) >= 11 is 0. The molecule has 7 rings (SSSR count). The van der Waals surface area contributed by atoms with Crippen molar-refractivity contribution in [3.63, 3.8) is 0 Å². The van der Waals surface area contributed by atoms with Gasteiger partial charge in [-0.1, -0.05) is 119 Å². The molecule has 0 fully saturated rings. The molecule has 0 saturated heterocycles. The summed E-state index contributed by atoms with van der Waals surface area (Å²) in [6, 6.07) is 44.0. The number of hydrogen-bond acceptors (Lipinski definition) is 1. The Labute approximate surface area is 249 Å². The molecular formula is C40H36N2. The maximum Gasteiger partial charge on any atom is 0.0754 e. The summed E-state index contributed by atoms with van der Waals surface area (Å²) in [7, 11) is 0. The van der Waals surface area contributed by atoms with Crippen LogP contribution in [0, 0.1) is 0 Å². The predicted molar refractivity (Wildman–Crippen MR) is 175 cm³/mol. The lowest BCUT2D eigenvalue weighted by Gasteiger charge is -2.24. The first kappa shape index (κ1) is 26.2. The Hall–Kier alpha value is -4.69. The SMILES string of the molecule is CC(C)c1cc(-c2ccc3c(n2)-c2ccccc2C3c2ccccc2)cc(C(C)C)c1-n1cccc1-c1ccccc1. The molecule has 6 aromatic rings. The van der Waals surface area contributed by atoms with Crippen LogP contribution >= 0.6 is 0 Å². The molecule has 2 aromatic heterocycles. The van der Waals surface area contributed by atoms with E-state index in [1.807, 2.05) is 0 Å². The molecule has 206 valence electrons. The predicted octanol–water partition coefficient (Wildman–Crippen LogP) is 10.6. The van der Waals surface area contributed by atoms with Crippen molar-refractivity contribution in [3.8, 4) is 39.5 Å². The van der Waals surface area contributed by atoms with Crippen molar-refractivity contribution >= 4 is 0 Å². The van der Waals surface area contributed by atoms with Gasteiger partial charge < -0.3 is 4.57 Å². The van der Waals surface area contributed by atoms with E-state index in [-0.39, 0.29) is 5.92 Å². The molecule has 1 aliphatic rings. The smallest absolute Gasteiger partial charge is 0.0754 e. The van der Waals surface area contributed by atoms with Crippen molar-refractivity contribution in [2.75, 3.05) is 0 Å². The Morgan fingerprint density at radius 2 is 1.24 bits per heavy atom. The van der Waals surface area contributed by atoms with Crippen LogP contribution in [0.1, 0.15) is 73.3 Å². The van der Waals surface area contributed by atoms with Crippen molar-refractivity contribution < 1.29 is 0 Å². The summed E-state index contributed by atoms with van der Waals surface area (Å²) in [5.74, 6) is 0.908. The van der Waals surface area contributed by atoms with E-state index in [0.29, 0.717) is 11.8 Å². The van der Waals surface area contributed by atoms with Gasteiger partial charge in [-0.05, 0) is 75.5 Å². The Kier molecular flexibility index (Phi) is 6.63. The zero-order chi connectivity index (χ0) is 28.8. The fraction of sp³-hybridized carbons (Fsp3) is 0.175. The summed E-state index contributed by atoms with van der Waals surface area (Å²) in [6.07, 6.45) is 2.21. The molecule has 0 amide bonds. The third-order valence-electron chi connectivity index (χ3n) is 8.67. The molecule has 1 aliphatic carbocycles. The van der Waals surface area contributed by atoms with Gasteiger partial charge in [0, 0.05) is 23.2 Å². The Morgan fingerprint density at radius 3 is 1.93 bits per heavy atom. The van der Waals surface area contributed by atoms with Gasteiger partial charge in [0.1, 0.15) is 0 Å². The molecule has 0 aliphatic heterocycles. The normalized spacial score (nSPS) is 13.9. The summed E-state index contributed by atoms with van der Waals surface area (Å²) in [5, 5.41) is 0. The molecule has 0 saturated carbocycles. The highest BCUT2D eigenvalue weighted by atomic mass is 15.0. The molecule has 4 aromatic carbocycles. The van der Waals surface area contributed by atoms with Gasteiger partial charge in [0.15, 0.2) is 0 Å². The number of fused-ring (bicyclic) bond motifs is 3. The van der Waals surface area contributed by atoms with Crippen LogP contribution in [0.3, 0.4) is 0 Å². The third-order valence-corrected chi connectivity index (χ3v) is 8.67. The van der Waals surface area contributed by atoms with E-state index in [0.717, 1.165) is 11.4 Å². The highest BCUT2D eigenvalue weighted by Crippen LogP contribution is 2.48. The van der Waals surface area contributed by atoms with E-state index in [4.69, 9.17) is 4.98 Å². The standard InChI is InChI=1S/C40H36N2/c1-26(2)34-24-30(25-35(27(3)4)40(34)42-23-13-20-37(42)28-14-7-5-8-15-28)36-22-21-33-38(29-16-9-6-10-17-29)31-18-11-12-19-32(31)39(33)41-36/h5-27,38H,1-4H3. The van der Waals surface area contributed by atoms with Gasteiger partial charge in [-0.3, -0.25) is 0 Å². The molecule has 0 bridgehead atoms. The zero-order valence-electron chi connectivity index (χ0n) is 24.8. The maximum absolute atomic E-state index is 5.39. The van der Waals surface area contributed by atoms with Crippen LogP contribution in [0.4, 0.5) is 0 Å². The summed E-state index contributed by atoms with van der Waals surface area (Å²) in [6.45, 7) is 9.20. The van der Waals surface area contributed by atoms with Gasteiger partial charge in [0.2, 0.25) is 0 Å². The van der Waals surface area contributed by atoms with Crippen molar-refractivity contribution in [2.24, 2.45) is 0 Å². The number of rotatable bonds is 6. The minimum atomic E-state index is 0.212. The van der Waals surface area contributed by atoms with Gasteiger partial charge >= 0.3 is 0 Å². The monoisotopic (exact) mass is 544 g/mol. The molecule has 0 N–H and O–H groups in total. The second-order valence-electron chi connectivity index (χ2n) is 12.0. The first-order valence-electron chi connectivity index (χ1n) is 15.1. The highest BCUT2D eigenvalue weighted by molar-refractivity contribution is 5.80. The molecule has 1 unspecified atom stereocenters. The summed E-state index contributed by atoms with van der Waals surface area (Å²) in [4.78, 5) is 5.39. The molecule has 2 heterocycles. The number of hydrogen-bond donors (Lipinski definition) is 0. The van der Waals surface area contributed by atoms with Crippen LogP contribution in [0.15, 0.2) is 128 Å². The van der Waals surface area contributed by atoms with E-state index in [1.54, 1.807) is 0 Å². The Morgan fingerprint density at radius 1 is 0.595 bits per heavy atom. The number of benzene rings is 4. The van der Waals surface area contributed by atoms with Gasteiger partial charge in [0.05, 0.1) is 22.8 Å². The van der Waals surface area contributed by atoms with E-state index in [9.17, 15) is 0 Å². The molecule has 42 heavy (non-hydrogen) atoms. The Balaban J connectivity index is 1.40. The quantitative estimate of drug-likeness (QED) is 0.204. The molecule has 0 spiro atoms. The molecule has 0 radical (unpaired) electrons. The van der Waals surface area contributed by atoms with Gasteiger partial charge in [-0.2, -0.15) is 0 Å². The van der Waals surface area contributed by atoms with Crippen molar-refractivity contribution in [2.45, 2.75) is 45.4 Å². The third kappa shape index (κ3) is 4.39. The van der Waals surface area contributed by atoms with E-state index >= 15 is 0 Å². The lowest BCUT2D eigenvalue weighted by Crippen LogP contribution is -2.08. The van der Waals surface area contributed by atoms with Gasteiger partial charge in [-0.15, -0.1) is 0 Å². The Bertz CT molecular complexity index is 1850. The van der Waals surface area contributed by atoms with E-state index in [1.165, 1.54) is 55.9 Å². The molecule has 1 atom stereocenters. The zero-order valence-corrected chi connectivity index (χ0v) is 24.8. The van der Waals surface area contributed by atoms with Crippen LogP contribution < -0.4 is 0 Å². The first-order valence-corrected chi connectivity index (χ1v) is 15.1. The fourth-order valence-corrected chi connectivity index (χ4v) is 6.62. The van der Waals surface area contributed by atoms with Crippen molar-refractivity contribution in [1.29, 1.82) is 0 Å². The summed E-state index contributed by atoms with van der Waals surface area (Å²) < 4.78 is 2.39. The molecule has 2 nitrogen and oxygen atoms in total. The maximum atomic E-state index is 5.39. The minimum absolute atomic E-state index is 0.212. The molecule has 2 heteroatoms. The highest BCUT2D eigenvalue weighted by Gasteiger charge is 2.31. The minimum Gasteiger partial charge on any atom is -0.316 e. The van der Waals surface area contributed by atoms with Gasteiger partial charge in [-0.25, -0.2) is 4.98 Å². The average molecular weight is 545 g/mol. The average Bonchev–Trinajstić information content (AvgIpc) is 3.64. The summed E-state index contributed by atoms with van der Waals surface area (Å²) in [5.41, 5.74) is 14.9. The van der Waals surface area contributed by atoms with Crippen LogP contribution in [0.25, 0.3) is 39.5 Å². The number of pyridine rings is 1. The van der Waals surface area contributed by atoms with Crippen LogP contribution in [-0.4, -0.2) is 9.55 Å². The van der Waals surface area contributed by atoms with Crippen molar-refractivity contribution in [1.82, 2.24) is 9.55 Å². The molecular weight excluding hydrogens is 508 g/mol. The number of aromatic nitrogens is 2. The second kappa shape index (κ2) is 10.6. The van der Waals surface area contributed by atoms with E-state index in [2.05, 4.69) is 160 Å². The second-order valence-corrected chi connectivity index (χ2v) is 12.0. The van der Waals surface area contributed by atoms with Crippen molar-refractivity contribution in [3.05, 3.63) is 155 Å². The lowest BCUT2D eigenvalue weighted by atomic mass is 9.88. The largest absolute Gasteiger partial charge is 0.316 e. The topological polar surface area (TPSA) is 17.8 Å². The lowest BCUT2D eigenvalue weighted by molar-refractivity contribution is 0.808. The van der Waals surface area contributed by atoms with Gasteiger partial charge in [0.25, 0.3) is 0 Å². The fourth-order valence-electron chi connectivity index (χ4n) is 6.62. The van der Waals surface area contributed by atoms with E-state index < -0.39 is 0 Å². The van der Waals surface area contributed by atoms with Crippen LogP contribution in [0.2, 0.25) is 0 Å². The first-order chi connectivity index (χ1) is 20.5. The number of nitrogens with zero attached hydrogens (tertiary/aromatic N) is 2.